The summed E-state index contributed by atoms with van der Waals surface area (Å²) in [5.41, 5.74) is 2.82. The van der Waals surface area contributed by atoms with Crippen LogP contribution in [0.3, 0.4) is 0 Å². The molecule has 0 aromatic heterocycles. The number of urea groups is 1. The van der Waals surface area contributed by atoms with Gasteiger partial charge in [0.2, 0.25) is 0 Å². The molecule has 4 rings (SSSR count). The molecule has 1 heterocycles. The molecule has 0 saturated carbocycles. The molecule has 8 heteroatoms. The van der Waals surface area contributed by atoms with Crippen molar-refractivity contribution in [2.75, 3.05) is 4.90 Å². The highest BCUT2D eigenvalue weighted by atomic mass is 35.5. The summed E-state index contributed by atoms with van der Waals surface area (Å²) in [5.74, 6) is -1.91. The minimum atomic E-state index is -0.856. The van der Waals surface area contributed by atoms with Gasteiger partial charge in [-0.2, -0.15) is 0 Å². The van der Waals surface area contributed by atoms with Crippen molar-refractivity contribution in [2.45, 2.75) is 13.3 Å². The molecule has 4 amide bonds. The van der Waals surface area contributed by atoms with Gasteiger partial charge in [-0.25, -0.2) is 14.1 Å². The molecule has 0 unspecified atom stereocenters. The van der Waals surface area contributed by atoms with E-state index in [2.05, 4.69) is 5.32 Å². The minimum absolute atomic E-state index is 0.222. The van der Waals surface area contributed by atoms with Crippen molar-refractivity contribution >= 4 is 52.8 Å². The molecule has 0 atom stereocenters. The Labute approximate surface area is 199 Å². The first-order valence-corrected chi connectivity index (χ1v) is 10.7. The molecule has 3 aromatic rings. The molecular formula is C25H17Cl2FN2O3. The van der Waals surface area contributed by atoms with Gasteiger partial charge in [0.1, 0.15) is 11.4 Å². The Morgan fingerprint density at radius 3 is 2.45 bits per heavy atom. The van der Waals surface area contributed by atoms with Crippen LogP contribution in [0.15, 0.2) is 66.2 Å². The lowest BCUT2D eigenvalue weighted by Gasteiger charge is -2.26. The lowest BCUT2D eigenvalue weighted by Crippen LogP contribution is -2.54. The van der Waals surface area contributed by atoms with E-state index in [0.717, 1.165) is 21.6 Å². The van der Waals surface area contributed by atoms with Gasteiger partial charge in [-0.3, -0.25) is 14.9 Å². The van der Waals surface area contributed by atoms with Crippen LogP contribution in [0, 0.1) is 12.7 Å². The van der Waals surface area contributed by atoms with Crippen LogP contribution in [0.4, 0.5) is 14.9 Å². The van der Waals surface area contributed by atoms with Crippen LogP contribution >= 0.6 is 23.2 Å². The van der Waals surface area contributed by atoms with Crippen molar-refractivity contribution in [3.05, 3.63) is 104 Å². The van der Waals surface area contributed by atoms with Crippen molar-refractivity contribution in [1.82, 2.24) is 5.32 Å². The number of anilines is 1. The van der Waals surface area contributed by atoms with Crippen molar-refractivity contribution in [3.63, 3.8) is 0 Å². The number of imide groups is 2. The van der Waals surface area contributed by atoms with Gasteiger partial charge in [-0.15, -0.1) is 0 Å². The van der Waals surface area contributed by atoms with Gasteiger partial charge in [0.25, 0.3) is 11.8 Å². The Hall–Kier alpha value is -3.48. The third-order valence-corrected chi connectivity index (χ3v) is 5.95. The molecule has 1 N–H and O–H groups in total. The molecular weight excluding hydrogens is 466 g/mol. The van der Waals surface area contributed by atoms with E-state index in [1.165, 1.54) is 24.3 Å². The first-order chi connectivity index (χ1) is 15.7. The molecule has 0 spiro atoms. The molecule has 1 saturated heterocycles. The fourth-order valence-corrected chi connectivity index (χ4v) is 3.87. The predicted molar refractivity (Wildman–Crippen MR) is 126 cm³/mol. The van der Waals surface area contributed by atoms with Crippen molar-refractivity contribution in [1.29, 1.82) is 0 Å². The summed E-state index contributed by atoms with van der Waals surface area (Å²) >= 11 is 12.5. The van der Waals surface area contributed by atoms with Crippen LogP contribution in [0.25, 0.3) is 6.08 Å². The third kappa shape index (κ3) is 4.82. The Kier molecular flexibility index (Phi) is 6.31. The number of carbonyl (C=O) groups is 3. The van der Waals surface area contributed by atoms with Gasteiger partial charge < -0.3 is 0 Å². The second-order valence-corrected chi connectivity index (χ2v) is 8.36. The summed E-state index contributed by atoms with van der Waals surface area (Å²) in [6.45, 7) is 1.79. The number of halogens is 3. The number of nitrogens with one attached hydrogen (secondary N) is 1. The summed E-state index contributed by atoms with van der Waals surface area (Å²) in [7, 11) is 0. The third-order valence-electron chi connectivity index (χ3n) is 5.19. The van der Waals surface area contributed by atoms with E-state index in [-0.39, 0.29) is 17.1 Å². The standard InChI is InChI=1S/C25H17Cl2FN2O3/c1-14-5-8-19(13-21(14)26)30-24(32)20(23(31)29-25(30)33)11-16-6-7-17(22(27)12-16)9-15-3-2-4-18(28)10-15/h2-8,10-13H,9H2,1H3,(H,29,31,33)/b20-11+. The first-order valence-electron chi connectivity index (χ1n) is 9.93. The number of hydrogen-bond donors (Lipinski definition) is 1. The van der Waals surface area contributed by atoms with Crippen LogP contribution in [0.5, 0.6) is 0 Å². The average Bonchev–Trinajstić information content (AvgIpc) is 2.75. The molecule has 3 aromatic carbocycles. The summed E-state index contributed by atoms with van der Waals surface area (Å²) in [6.07, 6.45) is 1.79. The number of hydrogen-bond acceptors (Lipinski definition) is 3. The van der Waals surface area contributed by atoms with E-state index in [0.29, 0.717) is 22.0 Å². The van der Waals surface area contributed by atoms with Crippen molar-refractivity contribution in [2.24, 2.45) is 0 Å². The average molecular weight is 483 g/mol. The first kappa shape index (κ1) is 22.7. The van der Waals surface area contributed by atoms with Crippen LogP contribution < -0.4 is 10.2 Å². The Bertz CT molecular complexity index is 1340. The molecule has 5 nitrogen and oxygen atoms in total. The summed E-state index contributed by atoms with van der Waals surface area (Å²) < 4.78 is 13.4. The number of barbiturate groups is 1. The topological polar surface area (TPSA) is 66.5 Å². The normalized spacial score (nSPS) is 15.2. The van der Waals surface area contributed by atoms with Crippen LogP contribution in [-0.2, 0) is 16.0 Å². The smallest absolute Gasteiger partial charge is 0.273 e. The number of aryl methyl sites for hydroxylation is 1. The van der Waals surface area contributed by atoms with E-state index < -0.39 is 17.8 Å². The summed E-state index contributed by atoms with van der Waals surface area (Å²) in [4.78, 5) is 38.7. The molecule has 0 bridgehead atoms. The van der Waals surface area contributed by atoms with E-state index in [1.54, 1.807) is 49.4 Å². The maximum atomic E-state index is 13.4. The van der Waals surface area contributed by atoms with Gasteiger partial charge in [0.15, 0.2) is 0 Å². The summed E-state index contributed by atoms with van der Waals surface area (Å²) in [5, 5.41) is 2.96. The van der Waals surface area contributed by atoms with Gasteiger partial charge in [0.05, 0.1) is 5.69 Å². The molecule has 1 aliphatic rings. The van der Waals surface area contributed by atoms with E-state index in [9.17, 15) is 18.8 Å². The monoisotopic (exact) mass is 482 g/mol. The van der Waals surface area contributed by atoms with E-state index in [4.69, 9.17) is 23.2 Å². The SMILES string of the molecule is Cc1ccc(N2C(=O)NC(=O)/C(=C\c3ccc(Cc4cccc(F)c4)c(Cl)c3)C2=O)cc1Cl. The fraction of sp³-hybridized carbons (Fsp3) is 0.0800. The van der Waals surface area contributed by atoms with Crippen molar-refractivity contribution < 1.29 is 18.8 Å². The maximum Gasteiger partial charge on any atom is 0.335 e. The number of amides is 4. The second kappa shape index (κ2) is 9.17. The highest BCUT2D eigenvalue weighted by molar-refractivity contribution is 6.39. The molecule has 0 aliphatic carbocycles. The van der Waals surface area contributed by atoms with Gasteiger partial charge in [0, 0.05) is 10.0 Å². The number of nitrogens with zero attached hydrogens (tertiary/aromatic N) is 1. The van der Waals surface area contributed by atoms with Crippen LogP contribution in [0.2, 0.25) is 10.0 Å². The quantitative estimate of drug-likeness (QED) is 0.383. The van der Waals surface area contributed by atoms with Gasteiger partial charge in [-0.1, -0.05) is 53.5 Å². The lowest BCUT2D eigenvalue weighted by atomic mass is 10.0. The van der Waals surface area contributed by atoms with E-state index >= 15 is 0 Å². The Balaban J connectivity index is 1.63. The Morgan fingerprint density at radius 2 is 1.76 bits per heavy atom. The molecule has 1 aliphatic heterocycles. The zero-order chi connectivity index (χ0) is 23.7. The Morgan fingerprint density at radius 1 is 0.970 bits per heavy atom. The van der Waals surface area contributed by atoms with Crippen molar-refractivity contribution in [3.8, 4) is 0 Å². The number of rotatable bonds is 4. The molecule has 0 radical (unpaired) electrons. The molecule has 33 heavy (non-hydrogen) atoms. The van der Waals surface area contributed by atoms with Gasteiger partial charge in [-0.05, 0) is 72.0 Å². The zero-order valence-corrected chi connectivity index (χ0v) is 18.9. The van der Waals surface area contributed by atoms with Gasteiger partial charge >= 0.3 is 6.03 Å². The minimum Gasteiger partial charge on any atom is -0.273 e. The predicted octanol–water partition coefficient (Wildman–Crippen LogP) is 5.70. The number of carbonyl (C=O) groups excluding carboxylic acids is 3. The second-order valence-electron chi connectivity index (χ2n) is 7.55. The van der Waals surface area contributed by atoms with E-state index in [1.807, 2.05) is 0 Å². The fourth-order valence-electron chi connectivity index (χ4n) is 3.44. The van der Waals surface area contributed by atoms with Crippen LogP contribution in [-0.4, -0.2) is 17.8 Å². The highest BCUT2D eigenvalue weighted by Crippen LogP contribution is 2.28. The summed E-state index contributed by atoms with van der Waals surface area (Å²) in [6, 6.07) is 15.1. The highest BCUT2D eigenvalue weighted by Gasteiger charge is 2.37. The lowest BCUT2D eigenvalue weighted by molar-refractivity contribution is -0.122. The molecule has 166 valence electrons. The van der Waals surface area contributed by atoms with Crippen LogP contribution in [0.1, 0.15) is 22.3 Å². The zero-order valence-electron chi connectivity index (χ0n) is 17.4. The largest absolute Gasteiger partial charge is 0.335 e. The maximum absolute atomic E-state index is 13.4. The number of benzene rings is 3. The molecule has 1 fully saturated rings.